The zero-order valence-electron chi connectivity index (χ0n) is 9.85. The summed E-state index contributed by atoms with van der Waals surface area (Å²) in [5.41, 5.74) is 3.79. The zero-order chi connectivity index (χ0) is 11.8. The highest BCUT2D eigenvalue weighted by molar-refractivity contribution is 5.19. The number of hydrogen-bond acceptors (Lipinski definition) is 4. The van der Waals surface area contributed by atoms with Crippen molar-refractivity contribution in [3.63, 3.8) is 0 Å². The van der Waals surface area contributed by atoms with Crippen molar-refractivity contribution in [2.24, 2.45) is 5.84 Å². The molecule has 0 aliphatic rings. The summed E-state index contributed by atoms with van der Waals surface area (Å²) in [5.74, 6) is 5.56. The second kappa shape index (κ2) is 7.35. The van der Waals surface area contributed by atoms with E-state index >= 15 is 0 Å². The van der Waals surface area contributed by atoms with Crippen LogP contribution in [0.4, 0.5) is 0 Å². The van der Waals surface area contributed by atoms with Gasteiger partial charge in [-0.05, 0) is 19.4 Å². The number of nitrogens with one attached hydrogen (secondary N) is 1. The minimum absolute atomic E-state index is 0.152. The van der Waals surface area contributed by atoms with Gasteiger partial charge in [0.1, 0.15) is 0 Å². The molecule has 1 rings (SSSR count). The van der Waals surface area contributed by atoms with Gasteiger partial charge in [0.25, 0.3) is 0 Å². The van der Waals surface area contributed by atoms with E-state index in [0.29, 0.717) is 13.2 Å². The first kappa shape index (κ1) is 13.1. The highest BCUT2D eigenvalue weighted by Crippen LogP contribution is 2.19. The van der Waals surface area contributed by atoms with Crippen molar-refractivity contribution in [1.29, 1.82) is 0 Å². The Kier molecular flexibility index (Phi) is 6.03. The maximum absolute atomic E-state index is 5.56. The SMILES string of the molecule is CCOC(OCC)C(NN)c1ccccc1. The van der Waals surface area contributed by atoms with Crippen LogP contribution < -0.4 is 11.3 Å². The predicted octanol–water partition coefficient (Wildman–Crippen LogP) is 1.59. The van der Waals surface area contributed by atoms with Crippen LogP contribution in [0.25, 0.3) is 0 Å². The molecule has 0 aliphatic heterocycles. The van der Waals surface area contributed by atoms with Gasteiger partial charge in [0.2, 0.25) is 0 Å². The van der Waals surface area contributed by atoms with Crippen LogP contribution in [0.15, 0.2) is 30.3 Å². The van der Waals surface area contributed by atoms with E-state index in [4.69, 9.17) is 15.3 Å². The number of ether oxygens (including phenoxy) is 2. The highest BCUT2D eigenvalue weighted by atomic mass is 16.7. The van der Waals surface area contributed by atoms with Crippen LogP contribution in [0.1, 0.15) is 25.5 Å². The lowest BCUT2D eigenvalue weighted by atomic mass is 10.1. The molecule has 1 aromatic rings. The second-order valence-corrected chi connectivity index (χ2v) is 3.33. The molecule has 4 nitrogen and oxygen atoms in total. The van der Waals surface area contributed by atoms with Crippen molar-refractivity contribution in [3.8, 4) is 0 Å². The van der Waals surface area contributed by atoms with Gasteiger partial charge >= 0.3 is 0 Å². The molecule has 1 aromatic carbocycles. The average molecular weight is 224 g/mol. The molecule has 0 spiro atoms. The van der Waals surface area contributed by atoms with Crippen molar-refractivity contribution in [2.45, 2.75) is 26.2 Å². The van der Waals surface area contributed by atoms with Gasteiger partial charge in [-0.1, -0.05) is 30.3 Å². The molecule has 1 unspecified atom stereocenters. The fourth-order valence-corrected chi connectivity index (χ4v) is 1.56. The summed E-state index contributed by atoms with van der Waals surface area (Å²) in [6.45, 7) is 5.06. The van der Waals surface area contributed by atoms with Crippen molar-refractivity contribution in [1.82, 2.24) is 5.43 Å². The van der Waals surface area contributed by atoms with E-state index in [1.165, 1.54) is 0 Å². The van der Waals surface area contributed by atoms with E-state index in [1.54, 1.807) is 0 Å². The first-order valence-corrected chi connectivity index (χ1v) is 5.57. The van der Waals surface area contributed by atoms with Crippen molar-refractivity contribution in [2.75, 3.05) is 13.2 Å². The summed E-state index contributed by atoms with van der Waals surface area (Å²) in [7, 11) is 0. The summed E-state index contributed by atoms with van der Waals surface area (Å²) in [4.78, 5) is 0. The Balaban J connectivity index is 2.77. The van der Waals surface area contributed by atoms with Crippen LogP contribution in [-0.4, -0.2) is 19.5 Å². The lowest BCUT2D eigenvalue weighted by Crippen LogP contribution is -2.39. The number of benzene rings is 1. The van der Waals surface area contributed by atoms with Gasteiger partial charge in [0.05, 0.1) is 6.04 Å². The summed E-state index contributed by atoms with van der Waals surface area (Å²) >= 11 is 0. The molecule has 0 aromatic heterocycles. The Labute approximate surface area is 96.7 Å². The topological polar surface area (TPSA) is 56.5 Å². The minimum Gasteiger partial charge on any atom is -0.351 e. The molecule has 4 heteroatoms. The van der Waals surface area contributed by atoms with E-state index < -0.39 is 0 Å². The molecule has 3 N–H and O–H groups in total. The summed E-state index contributed by atoms with van der Waals surface area (Å²) in [6.07, 6.45) is -0.359. The number of nitrogens with two attached hydrogens (primary N) is 1. The van der Waals surface area contributed by atoms with Gasteiger partial charge in [-0.25, -0.2) is 5.43 Å². The Hall–Kier alpha value is -0.940. The molecule has 0 amide bonds. The van der Waals surface area contributed by atoms with Crippen LogP contribution in [0.5, 0.6) is 0 Å². The standard InChI is InChI=1S/C12H20N2O2/c1-3-15-12(16-4-2)11(14-13)10-8-6-5-7-9-10/h5-9,11-12,14H,3-4,13H2,1-2H3. The molecule has 16 heavy (non-hydrogen) atoms. The Morgan fingerprint density at radius 2 is 1.69 bits per heavy atom. The van der Waals surface area contributed by atoms with Gasteiger partial charge in [-0.15, -0.1) is 0 Å². The monoisotopic (exact) mass is 224 g/mol. The van der Waals surface area contributed by atoms with E-state index in [9.17, 15) is 0 Å². The number of hydrazine groups is 1. The van der Waals surface area contributed by atoms with Crippen molar-refractivity contribution >= 4 is 0 Å². The van der Waals surface area contributed by atoms with Crippen LogP contribution >= 0.6 is 0 Å². The molecule has 0 fully saturated rings. The largest absolute Gasteiger partial charge is 0.351 e. The third-order valence-electron chi connectivity index (χ3n) is 2.27. The molecule has 0 aliphatic carbocycles. The van der Waals surface area contributed by atoms with Gasteiger partial charge in [0.15, 0.2) is 6.29 Å². The van der Waals surface area contributed by atoms with Crippen molar-refractivity contribution in [3.05, 3.63) is 35.9 Å². The molecule has 0 saturated heterocycles. The molecular weight excluding hydrogens is 204 g/mol. The fraction of sp³-hybridized carbons (Fsp3) is 0.500. The summed E-state index contributed by atoms with van der Waals surface area (Å²) < 4.78 is 11.1. The van der Waals surface area contributed by atoms with Crippen molar-refractivity contribution < 1.29 is 9.47 Å². The second-order valence-electron chi connectivity index (χ2n) is 3.33. The molecule has 0 saturated carbocycles. The molecule has 0 radical (unpaired) electrons. The fourth-order valence-electron chi connectivity index (χ4n) is 1.56. The highest BCUT2D eigenvalue weighted by Gasteiger charge is 2.22. The Morgan fingerprint density at radius 1 is 1.12 bits per heavy atom. The zero-order valence-corrected chi connectivity index (χ0v) is 9.85. The third kappa shape index (κ3) is 3.57. The lowest BCUT2D eigenvalue weighted by Gasteiger charge is -2.26. The van der Waals surface area contributed by atoms with E-state index in [1.807, 2.05) is 44.2 Å². The first-order chi connectivity index (χ1) is 7.83. The number of rotatable bonds is 7. The average Bonchev–Trinajstić information content (AvgIpc) is 2.32. The predicted molar refractivity (Wildman–Crippen MR) is 63.5 cm³/mol. The van der Waals surface area contributed by atoms with Crippen LogP contribution in [0, 0.1) is 0 Å². The maximum atomic E-state index is 5.56. The lowest BCUT2D eigenvalue weighted by molar-refractivity contribution is -0.155. The van der Waals surface area contributed by atoms with Gasteiger partial charge < -0.3 is 9.47 Å². The van der Waals surface area contributed by atoms with E-state index in [2.05, 4.69) is 5.43 Å². The molecular formula is C12H20N2O2. The first-order valence-electron chi connectivity index (χ1n) is 5.57. The Morgan fingerprint density at radius 3 is 2.12 bits per heavy atom. The van der Waals surface area contributed by atoms with Crippen LogP contribution in [0.3, 0.4) is 0 Å². The minimum atomic E-state index is -0.359. The normalized spacial score (nSPS) is 13.0. The molecule has 0 heterocycles. The van der Waals surface area contributed by atoms with Crippen LogP contribution in [-0.2, 0) is 9.47 Å². The summed E-state index contributed by atoms with van der Waals surface area (Å²) in [5, 5.41) is 0. The summed E-state index contributed by atoms with van der Waals surface area (Å²) in [6, 6.07) is 9.74. The Bertz CT molecular complexity index is 274. The number of hydrogen-bond donors (Lipinski definition) is 2. The quantitative estimate of drug-likeness (QED) is 0.419. The van der Waals surface area contributed by atoms with Gasteiger partial charge in [-0.2, -0.15) is 0 Å². The van der Waals surface area contributed by atoms with E-state index in [-0.39, 0.29) is 12.3 Å². The van der Waals surface area contributed by atoms with Crippen LogP contribution in [0.2, 0.25) is 0 Å². The molecule has 1 atom stereocenters. The third-order valence-corrected chi connectivity index (χ3v) is 2.27. The smallest absolute Gasteiger partial charge is 0.178 e. The van der Waals surface area contributed by atoms with Gasteiger partial charge in [-0.3, -0.25) is 5.84 Å². The maximum Gasteiger partial charge on any atom is 0.178 e. The molecule has 90 valence electrons. The van der Waals surface area contributed by atoms with Gasteiger partial charge in [0, 0.05) is 13.2 Å². The van der Waals surface area contributed by atoms with E-state index in [0.717, 1.165) is 5.56 Å². The molecule has 0 bridgehead atoms.